The van der Waals surface area contributed by atoms with Gasteiger partial charge in [0.25, 0.3) is 0 Å². The number of aliphatic carboxylic acids is 1. The molecule has 0 aromatic rings. The van der Waals surface area contributed by atoms with E-state index >= 15 is 0 Å². The fourth-order valence-electron chi connectivity index (χ4n) is 0.863. The van der Waals surface area contributed by atoms with Gasteiger partial charge in [-0.05, 0) is 12.8 Å². The van der Waals surface area contributed by atoms with Gasteiger partial charge >= 0.3 is 5.97 Å². The van der Waals surface area contributed by atoms with Crippen LogP contribution >= 0.6 is 0 Å². The van der Waals surface area contributed by atoms with Gasteiger partial charge in [0.05, 0.1) is 5.57 Å². The van der Waals surface area contributed by atoms with Crippen LogP contribution in [0.15, 0.2) is 23.4 Å². The highest BCUT2D eigenvalue weighted by Gasteiger charge is 2.07. The predicted molar refractivity (Wildman–Crippen MR) is 82.6 cm³/mol. The monoisotopic (exact) mass is 259 g/mol. The molecule has 0 heterocycles. The Kier molecular flexibility index (Phi) is 35.2. The van der Waals surface area contributed by atoms with Crippen LogP contribution in [0, 0.1) is 0 Å². The van der Waals surface area contributed by atoms with Crippen LogP contribution < -0.4 is 5.73 Å². The van der Waals surface area contributed by atoms with Crippen LogP contribution in [0.1, 0.15) is 68.2 Å². The van der Waals surface area contributed by atoms with Crippen molar-refractivity contribution in [1.82, 2.24) is 0 Å². The third-order valence-electron chi connectivity index (χ3n) is 1.37. The van der Waals surface area contributed by atoms with Crippen LogP contribution in [0.25, 0.3) is 0 Å². The maximum atomic E-state index is 10.6. The van der Waals surface area contributed by atoms with E-state index in [0.717, 1.165) is 6.42 Å². The second-order valence-electron chi connectivity index (χ2n) is 2.40. The number of rotatable bonds is 4. The zero-order valence-corrected chi connectivity index (χ0v) is 13.5. The first kappa shape index (κ1) is 25.6. The van der Waals surface area contributed by atoms with Crippen LogP contribution in [0.4, 0.5) is 0 Å². The van der Waals surface area contributed by atoms with E-state index < -0.39 is 5.97 Å². The minimum absolute atomic E-state index is 0.208. The highest BCUT2D eigenvalue weighted by atomic mass is 16.4. The largest absolute Gasteiger partial charge is 0.478 e. The average molecular weight is 259 g/mol. The molecule has 0 aromatic carbocycles. The SMILES string of the molecule is CC.CC.CC.CC/C=C(N)\C(=C/CC)C(=O)O. The van der Waals surface area contributed by atoms with Crippen LogP contribution in [0.2, 0.25) is 0 Å². The summed E-state index contributed by atoms with van der Waals surface area (Å²) < 4.78 is 0. The van der Waals surface area contributed by atoms with Crippen LogP contribution in [-0.2, 0) is 4.79 Å². The summed E-state index contributed by atoms with van der Waals surface area (Å²) in [5.74, 6) is -0.959. The lowest BCUT2D eigenvalue weighted by Gasteiger charge is -2.00. The van der Waals surface area contributed by atoms with Gasteiger partial charge in [-0.15, -0.1) is 0 Å². The van der Waals surface area contributed by atoms with E-state index in [1.807, 2.05) is 55.4 Å². The van der Waals surface area contributed by atoms with Gasteiger partial charge in [0.1, 0.15) is 0 Å². The highest BCUT2D eigenvalue weighted by molar-refractivity contribution is 5.91. The number of hydrogen-bond acceptors (Lipinski definition) is 2. The van der Waals surface area contributed by atoms with Gasteiger partial charge in [0.2, 0.25) is 0 Å². The molecule has 0 aromatic heterocycles. The molecule has 0 saturated carbocycles. The maximum absolute atomic E-state index is 10.6. The van der Waals surface area contributed by atoms with E-state index in [4.69, 9.17) is 10.8 Å². The average Bonchev–Trinajstić information content (AvgIpc) is 2.42. The predicted octanol–water partition coefficient (Wildman–Crippen LogP) is 4.74. The number of carboxylic acid groups (broad SMARTS) is 1. The molecule has 0 aliphatic heterocycles. The zero-order valence-electron chi connectivity index (χ0n) is 13.5. The van der Waals surface area contributed by atoms with E-state index in [2.05, 4.69) is 0 Å². The second kappa shape index (κ2) is 24.8. The molecule has 110 valence electrons. The molecule has 0 rings (SSSR count). The first-order chi connectivity index (χ1) is 8.63. The summed E-state index contributed by atoms with van der Waals surface area (Å²) in [6, 6.07) is 0. The van der Waals surface area contributed by atoms with Crippen molar-refractivity contribution >= 4 is 5.97 Å². The highest BCUT2D eigenvalue weighted by Crippen LogP contribution is 2.06. The van der Waals surface area contributed by atoms with Gasteiger partial charge in [0, 0.05) is 5.70 Å². The quantitative estimate of drug-likeness (QED) is 0.566. The normalized spacial score (nSPS) is 9.78. The zero-order chi connectivity index (χ0) is 15.6. The van der Waals surface area contributed by atoms with Crippen molar-refractivity contribution in [3.63, 3.8) is 0 Å². The van der Waals surface area contributed by atoms with Crippen molar-refractivity contribution in [2.45, 2.75) is 68.2 Å². The van der Waals surface area contributed by atoms with E-state index in [9.17, 15) is 4.79 Å². The molecular weight excluding hydrogens is 226 g/mol. The molecule has 18 heavy (non-hydrogen) atoms. The Bertz CT molecular complexity index is 219. The van der Waals surface area contributed by atoms with Crippen LogP contribution in [0.3, 0.4) is 0 Å². The van der Waals surface area contributed by atoms with Crippen molar-refractivity contribution in [2.24, 2.45) is 5.73 Å². The van der Waals surface area contributed by atoms with E-state index in [-0.39, 0.29) is 5.57 Å². The summed E-state index contributed by atoms with van der Waals surface area (Å²) in [6.07, 6.45) is 4.75. The number of nitrogens with two attached hydrogens (primary N) is 1. The van der Waals surface area contributed by atoms with Crippen LogP contribution in [0.5, 0.6) is 0 Å². The van der Waals surface area contributed by atoms with Gasteiger partial charge in [-0.3, -0.25) is 0 Å². The Balaban J connectivity index is -0.000000141. The summed E-state index contributed by atoms with van der Waals surface area (Å²) in [6.45, 7) is 15.8. The summed E-state index contributed by atoms with van der Waals surface area (Å²) in [4.78, 5) is 10.6. The summed E-state index contributed by atoms with van der Waals surface area (Å²) >= 11 is 0. The number of carboxylic acids is 1. The molecule has 0 aliphatic carbocycles. The topological polar surface area (TPSA) is 63.3 Å². The Morgan fingerprint density at radius 3 is 1.50 bits per heavy atom. The molecular formula is C15H33NO2. The molecule has 0 fully saturated rings. The molecule has 0 atom stereocenters. The third kappa shape index (κ3) is 17.2. The fraction of sp³-hybridized carbons (Fsp3) is 0.667. The number of allylic oxidation sites excluding steroid dienone is 2. The molecule has 3 N–H and O–H groups in total. The second-order valence-corrected chi connectivity index (χ2v) is 2.40. The summed E-state index contributed by atoms with van der Waals surface area (Å²) in [5, 5.41) is 8.71. The Morgan fingerprint density at radius 1 is 0.944 bits per heavy atom. The van der Waals surface area contributed by atoms with E-state index in [0.29, 0.717) is 12.1 Å². The maximum Gasteiger partial charge on any atom is 0.337 e. The summed E-state index contributed by atoms with van der Waals surface area (Å²) in [7, 11) is 0. The molecule has 0 unspecified atom stereocenters. The van der Waals surface area contributed by atoms with Crippen molar-refractivity contribution < 1.29 is 9.90 Å². The number of carbonyl (C=O) groups is 1. The lowest BCUT2D eigenvalue weighted by molar-refractivity contribution is -0.132. The molecule has 0 saturated heterocycles. The Morgan fingerprint density at radius 2 is 1.28 bits per heavy atom. The molecule has 0 radical (unpaired) electrons. The molecule has 0 spiro atoms. The molecule has 0 amide bonds. The van der Waals surface area contributed by atoms with E-state index in [1.54, 1.807) is 12.2 Å². The van der Waals surface area contributed by atoms with Gasteiger partial charge < -0.3 is 10.8 Å². The van der Waals surface area contributed by atoms with Gasteiger partial charge in [-0.2, -0.15) is 0 Å². The first-order valence-electron chi connectivity index (χ1n) is 7.02. The molecule has 0 bridgehead atoms. The minimum Gasteiger partial charge on any atom is -0.478 e. The number of hydrogen-bond donors (Lipinski definition) is 2. The first-order valence-corrected chi connectivity index (χ1v) is 7.02. The third-order valence-corrected chi connectivity index (χ3v) is 1.37. The molecule has 3 nitrogen and oxygen atoms in total. The molecule has 3 heteroatoms. The fourth-order valence-corrected chi connectivity index (χ4v) is 0.863. The Hall–Kier alpha value is -1.25. The van der Waals surface area contributed by atoms with Gasteiger partial charge in [-0.25, -0.2) is 4.79 Å². The summed E-state index contributed by atoms with van der Waals surface area (Å²) in [5.41, 5.74) is 6.09. The minimum atomic E-state index is -0.959. The lowest BCUT2D eigenvalue weighted by Crippen LogP contribution is -2.10. The smallest absolute Gasteiger partial charge is 0.337 e. The standard InChI is InChI=1S/C9H15NO2.3C2H6/c1-3-5-7(9(11)12)8(10)6-4-2;3*1-2/h5-6H,3-4,10H2,1-2H3,(H,11,12);3*1-2H3/b7-5+,8-6+;;;. The van der Waals surface area contributed by atoms with Crippen molar-refractivity contribution in [1.29, 1.82) is 0 Å². The van der Waals surface area contributed by atoms with Gasteiger partial charge in [0.15, 0.2) is 0 Å². The van der Waals surface area contributed by atoms with Crippen LogP contribution in [-0.4, -0.2) is 11.1 Å². The van der Waals surface area contributed by atoms with Crippen molar-refractivity contribution in [3.8, 4) is 0 Å². The lowest BCUT2D eigenvalue weighted by atomic mass is 10.1. The Labute approximate surface area is 114 Å². The van der Waals surface area contributed by atoms with Gasteiger partial charge in [-0.1, -0.05) is 67.5 Å². The molecule has 0 aliphatic rings. The van der Waals surface area contributed by atoms with Crippen molar-refractivity contribution in [3.05, 3.63) is 23.4 Å². The van der Waals surface area contributed by atoms with E-state index in [1.165, 1.54) is 0 Å². The van der Waals surface area contributed by atoms with Crippen molar-refractivity contribution in [2.75, 3.05) is 0 Å².